The maximum Gasteiger partial charge on any atom is 0.0606 e. The molecule has 1 unspecified atom stereocenters. The maximum absolute atomic E-state index is 9.28. The van der Waals surface area contributed by atoms with Gasteiger partial charge in [0.15, 0.2) is 0 Å². The maximum atomic E-state index is 9.28. The van der Waals surface area contributed by atoms with E-state index in [1.165, 1.54) is 0 Å². The van der Waals surface area contributed by atoms with Crippen LogP contribution in [0.4, 0.5) is 0 Å². The normalized spacial score (nSPS) is 15.7. The van der Waals surface area contributed by atoms with Crippen LogP contribution in [0.25, 0.3) is 0 Å². The average molecular weight is 131 g/mol. The van der Waals surface area contributed by atoms with Gasteiger partial charge in [0, 0.05) is 6.04 Å². The van der Waals surface area contributed by atoms with Gasteiger partial charge in [0.25, 0.3) is 0 Å². The van der Waals surface area contributed by atoms with Gasteiger partial charge in [0.2, 0.25) is 0 Å². The molecule has 0 aliphatic rings. The molecule has 0 bridgehead atoms. The van der Waals surface area contributed by atoms with Gasteiger partial charge < -0.3 is 10.4 Å². The van der Waals surface area contributed by atoms with Crippen molar-refractivity contribution in [2.24, 2.45) is 0 Å². The zero-order chi connectivity index (χ0) is 7.49. The van der Waals surface area contributed by atoms with Crippen molar-refractivity contribution >= 4 is 0 Å². The van der Waals surface area contributed by atoms with Crippen LogP contribution in [-0.2, 0) is 0 Å². The fourth-order valence-corrected chi connectivity index (χ4v) is 0.851. The monoisotopic (exact) mass is 131 g/mol. The summed E-state index contributed by atoms with van der Waals surface area (Å²) in [5.74, 6) is 0. The van der Waals surface area contributed by atoms with Crippen LogP contribution in [0.3, 0.4) is 0 Å². The van der Waals surface area contributed by atoms with E-state index in [1.807, 2.05) is 20.9 Å². The molecule has 0 spiro atoms. The minimum Gasteiger partial charge on any atom is -0.390 e. The van der Waals surface area contributed by atoms with E-state index < -0.39 is 5.60 Å². The van der Waals surface area contributed by atoms with Crippen LogP contribution in [0.1, 0.15) is 27.2 Å². The predicted octanol–water partition coefficient (Wildman–Crippen LogP) is 0.755. The van der Waals surface area contributed by atoms with E-state index >= 15 is 0 Å². The molecule has 56 valence electrons. The molecular formula is C7H17NO. The van der Waals surface area contributed by atoms with Crippen molar-refractivity contribution in [1.82, 2.24) is 5.32 Å². The highest BCUT2D eigenvalue weighted by molar-refractivity contribution is 4.71. The molecule has 0 rings (SSSR count). The first-order chi connectivity index (χ1) is 3.95. The van der Waals surface area contributed by atoms with E-state index in [-0.39, 0.29) is 0 Å². The van der Waals surface area contributed by atoms with Gasteiger partial charge in [-0.3, -0.25) is 0 Å². The molecule has 0 aromatic heterocycles. The summed E-state index contributed by atoms with van der Waals surface area (Å²) in [5.41, 5.74) is -0.539. The summed E-state index contributed by atoms with van der Waals surface area (Å²) in [6.07, 6.45) is 0.795. The molecule has 1 atom stereocenters. The van der Waals surface area contributed by atoms with E-state index in [2.05, 4.69) is 12.2 Å². The molecule has 9 heavy (non-hydrogen) atoms. The number of hydrogen-bond donors (Lipinski definition) is 2. The van der Waals surface area contributed by atoms with Gasteiger partial charge >= 0.3 is 0 Å². The molecule has 0 radical (unpaired) electrons. The zero-order valence-electron chi connectivity index (χ0n) is 6.73. The van der Waals surface area contributed by atoms with Gasteiger partial charge in [-0.25, -0.2) is 0 Å². The summed E-state index contributed by atoms with van der Waals surface area (Å²) in [7, 11) is 1.90. The third-order valence-electron chi connectivity index (χ3n) is 1.30. The molecule has 0 fully saturated rings. The fraction of sp³-hybridized carbons (Fsp3) is 1.00. The Morgan fingerprint density at radius 3 is 2.11 bits per heavy atom. The van der Waals surface area contributed by atoms with Crippen LogP contribution in [0.2, 0.25) is 0 Å². The van der Waals surface area contributed by atoms with Crippen LogP contribution in [0.5, 0.6) is 0 Å². The first-order valence-electron chi connectivity index (χ1n) is 3.35. The highest BCUT2D eigenvalue weighted by atomic mass is 16.3. The quantitative estimate of drug-likeness (QED) is 0.592. The molecule has 0 aromatic carbocycles. The summed E-state index contributed by atoms with van der Waals surface area (Å²) in [6.45, 7) is 5.69. The van der Waals surface area contributed by atoms with Gasteiger partial charge in [-0.1, -0.05) is 0 Å². The number of hydrogen-bond acceptors (Lipinski definition) is 2. The van der Waals surface area contributed by atoms with Gasteiger partial charge in [0.05, 0.1) is 5.60 Å². The van der Waals surface area contributed by atoms with Crippen LogP contribution in [-0.4, -0.2) is 23.8 Å². The molecule has 2 heteroatoms. The van der Waals surface area contributed by atoms with E-state index in [1.54, 1.807) is 0 Å². The number of nitrogens with one attached hydrogen (secondary N) is 1. The molecule has 0 amide bonds. The summed E-state index contributed by atoms with van der Waals surface area (Å²) in [6, 6.07) is 0.394. The van der Waals surface area contributed by atoms with E-state index in [4.69, 9.17) is 0 Å². The lowest BCUT2D eigenvalue weighted by atomic mass is 10.0. The molecule has 0 aromatic rings. The second-order valence-corrected chi connectivity index (χ2v) is 3.21. The van der Waals surface area contributed by atoms with Crippen molar-refractivity contribution in [3.8, 4) is 0 Å². The molecule has 0 saturated heterocycles. The summed E-state index contributed by atoms with van der Waals surface area (Å²) in [5, 5.41) is 12.3. The highest BCUT2D eigenvalue weighted by Gasteiger charge is 2.15. The summed E-state index contributed by atoms with van der Waals surface area (Å²) >= 11 is 0. The smallest absolute Gasteiger partial charge is 0.0606 e. The Morgan fingerprint density at radius 1 is 1.56 bits per heavy atom. The molecule has 0 heterocycles. The molecule has 2 nitrogen and oxygen atoms in total. The summed E-state index contributed by atoms with van der Waals surface area (Å²) in [4.78, 5) is 0. The Balaban J connectivity index is 3.47. The second kappa shape index (κ2) is 3.18. The van der Waals surface area contributed by atoms with Crippen LogP contribution < -0.4 is 5.32 Å². The van der Waals surface area contributed by atoms with Gasteiger partial charge in [-0.05, 0) is 34.2 Å². The third kappa shape index (κ3) is 5.80. The highest BCUT2D eigenvalue weighted by Crippen LogP contribution is 2.09. The van der Waals surface area contributed by atoms with Crippen molar-refractivity contribution in [1.29, 1.82) is 0 Å². The van der Waals surface area contributed by atoms with E-state index in [0.717, 1.165) is 6.42 Å². The number of rotatable bonds is 3. The lowest BCUT2D eigenvalue weighted by molar-refractivity contribution is 0.0622. The zero-order valence-corrected chi connectivity index (χ0v) is 6.73. The summed E-state index contributed by atoms with van der Waals surface area (Å²) < 4.78 is 0. The van der Waals surface area contributed by atoms with Crippen LogP contribution in [0, 0.1) is 0 Å². The number of aliphatic hydroxyl groups is 1. The fourth-order valence-electron chi connectivity index (χ4n) is 0.851. The van der Waals surface area contributed by atoms with Crippen molar-refractivity contribution in [3.05, 3.63) is 0 Å². The third-order valence-corrected chi connectivity index (χ3v) is 1.30. The Bertz CT molecular complexity index is 75.5. The standard InChI is InChI=1S/C7H17NO/c1-6(8-4)5-7(2,3)9/h6,8-9H,5H2,1-4H3. The van der Waals surface area contributed by atoms with Crippen molar-refractivity contribution < 1.29 is 5.11 Å². The van der Waals surface area contributed by atoms with Crippen molar-refractivity contribution in [2.75, 3.05) is 7.05 Å². The van der Waals surface area contributed by atoms with Crippen molar-refractivity contribution in [3.63, 3.8) is 0 Å². The van der Waals surface area contributed by atoms with Crippen LogP contribution >= 0.6 is 0 Å². The minimum absolute atomic E-state index is 0.394. The molecule has 0 aliphatic carbocycles. The Hall–Kier alpha value is -0.0800. The molecular weight excluding hydrogens is 114 g/mol. The molecule has 0 saturated carbocycles. The van der Waals surface area contributed by atoms with Gasteiger partial charge in [-0.2, -0.15) is 0 Å². The van der Waals surface area contributed by atoms with Gasteiger partial charge in [0.1, 0.15) is 0 Å². The second-order valence-electron chi connectivity index (χ2n) is 3.21. The predicted molar refractivity (Wildman–Crippen MR) is 39.4 cm³/mol. The van der Waals surface area contributed by atoms with E-state index in [0.29, 0.717) is 6.04 Å². The SMILES string of the molecule is CNC(C)CC(C)(C)O. The van der Waals surface area contributed by atoms with Crippen molar-refractivity contribution in [2.45, 2.75) is 38.8 Å². The largest absolute Gasteiger partial charge is 0.390 e. The topological polar surface area (TPSA) is 32.3 Å². The minimum atomic E-state index is -0.539. The Morgan fingerprint density at radius 2 is 2.00 bits per heavy atom. The first-order valence-corrected chi connectivity index (χ1v) is 3.35. The van der Waals surface area contributed by atoms with E-state index in [9.17, 15) is 5.11 Å². The molecule has 2 N–H and O–H groups in total. The lowest BCUT2D eigenvalue weighted by Gasteiger charge is -2.21. The lowest BCUT2D eigenvalue weighted by Crippen LogP contribution is -2.31. The first kappa shape index (κ1) is 8.92. The molecule has 0 aliphatic heterocycles. The Labute approximate surface area is 57.3 Å². The Kier molecular flexibility index (Phi) is 3.15. The van der Waals surface area contributed by atoms with Gasteiger partial charge in [-0.15, -0.1) is 0 Å². The average Bonchev–Trinajstić information content (AvgIpc) is 1.62. The van der Waals surface area contributed by atoms with Crippen LogP contribution in [0.15, 0.2) is 0 Å².